The van der Waals surface area contributed by atoms with E-state index < -0.39 is 0 Å². The van der Waals surface area contributed by atoms with Crippen molar-refractivity contribution in [2.75, 3.05) is 33.9 Å². The Morgan fingerprint density at radius 1 is 1.18 bits per heavy atom. The second kappa shape index (κ2) is 5.89. The Hall–Kier alpha value is -1.26. The van der Waals surface area contributed by atoms with Crippen molar-refractivity contribution in [2.24, 2.45) is 0 Å². The van der Waals surface area contributed by atoms with Gasteiger partial charge in [0.25, 0.3) is 0 Å². The maximum atomic E-state index is 5.59. The van der Waals surface area contributed by atoms with Crippen LogP contribution in [0.5, 0.6) is 11.5 Å². The second-order valence-corrected chi connectivity index (χ2v) is 4.05. The van der Waals surface area contributed by atoms with Crippen LogP contribution in [0.2, 0.25) is 0 Å². The summed E-state index contributed by atoms with van der Waals surface area (Å²) in [5.74, 6) is 1.68. The molecule has 4 heteroatoms. The van der Waals surface area contributed by atoms with Crippen LogP contribution in [0.3, 0.4) is 0 Å². The molecule has 0 unspecified atom stereocenters. The van der Waals surface area contributed by atoms with Crippen molar-refractivity contribution in [2.45, 2.75) is 13.0 Å². The van der Waals surface area contributed by atoms with E-state index in [1.165, 1.54) is 11.1 Å². The Labute approximate surface area is 102 Å². The highest BCUT2D eigenvalue weighted by Gasteiger charge is 2.15. The molecule has 1 aromatic carbocycles. The number of rotatable bonds is 5. The largest absolute Gasteiger partial charge is 0.486 e. The third kappa shape index (κ3) is 2.90. The van der Waals surface area contributed by atoms with E-state index >= 15 is 0 Å². The molecule has 1 aliphatic rings. The standard InChI is InChI=1S/C13H19NO3/c1-14-4-3-10-7-12-13(17-6-5-16-12)8-11(10)9-15-2/h7-8,14H,3-6,9H2,1-2H3. The van der Waals surface area contributed by atoms with Crippen molar-refractivity contribution in [3.63, 3.8) is 0 Å². The first-order valence-electron chi connectivity index (χ1n) is 5.90. The summed E-state index contributed by atoms with van der Waals surface area (Å²) in [6.45, 7) is 2.80. The molecule has 4 nitrogen and oxygen atoms in total. The van der Waals surface area contributed by atoms with E-state index in [1.807, 2.05) is 13.1 Å². The van der Waals surface area contributed by atoms with Gasteiger partial charge in [-0.3, -0.25) is 0 Å². The number of hydrogen-bond acceptors (Lipinski definition) is 4. The molecule has 2 rings (SSSR count). The van der Waals surface area contributed by atoms with Gasteiger partial charge >= 0.3 is 0 Å². The summed E-state index contributed by atoms with van der Waals surface area (Å²) in [5, 5.41) is 3.15. The molecular weight excluding hydrogens is 218 g/mol. The van der Waals surface area contributed by atoms with Gasteiger partial charge in [0.1, 0.15) is 13.2 Å². The van der Waals surface area contributed by atoms with Gasteiger partial charge in [-0.2, -0.15) is 0 Å². The molecule has 0 aromatic heterocycles. The molecule has 1 aliphatic heterocycles. The molecule has 0 saturated heterocycles. The van der Waals surface area contributed by atoms with Crippen LogP contribution in [0.15, 0.2) is 12.1 Å². The van der Waals surface area contributed by atoms with Crippen molar-refractivity contribution in [1.82, 2.24) is 5.32 Å². The van der Waals surface area contributed by atoms with Gasteiger partial charge in [-0.1, -0.05) is 0 Å². The molecule has 0 fully saturated rings. The van der Waals surface area contributed by atoms with Gasteiger partial charge in [-0.05, 0) is 43.3 Å². The number of fused-ring (bicyclic) bond motifs is 1. The van der Waals surface area contributed by atoms with Crippen molar-refractivity contribution in [1.29, 1.82) is 0 Å². The van der Waals surface area contributed by atoms with E-state index in [1.54, 1.807) is 7.11 Å². The van der Waals surface area contributed by atoms with E-state index in [0.29, 0.717) is 19.8 Å². The number of ether oxygens (including phenoxy) is 3. The summed E-state index contributed by atoms with van der Waals surface area (Å²) in [7, 11) is 3.66. The van der Waals surface area contributed by atoms with Crippen molar-refractivity contribution >= 4 is 0 Å². The zero-order valence-electron chi connectivity index (χ0n) is 10.4. The Balaban J connectivity index is 2.26. The van der Waals surface area contributed by atoms with Crippen LogP contribution in [-0.4, -0.2) is 33.9 Å². The van der Waals surface area contributed by atoms with Crippen LogP contribution < -0.4 is 14.8 Å². The van der Waals surface area contributed by atoms with E-state index in [2.05, 4.69) is 11.4 Å². The minimum absolute atomic E-state index is 0.607. The van der Waals surface area contributed by atoms with Crippen molar-refractivity contribution in [3.05, 3.63) is 23.3 Å². The Morgan fingerprint density at radius 2 is 1.82 bits per heavy atom. The Morgan fingerprint density at radius 3 is 2.41 bits per heavy atom. The lowest BCUT2D eigenvalue weighted by atomic mass is 10.0. The van der Waals surface area contributed by atoms with Crippen molar-refractivity contribution in [3.8, 4) is 11.5 Å². The maximum absolute atomic E-state index is 5.59. The van der Waals surface area contributed by atoms with Gasteiger partial charge in [0.15, 0.2) is 11.5 Å². The fourth-order valence-corrected chi connectivity index (χ4v) is 1.96. The molecule has 0 spiro atoms. The highest BCUT2D eigenvalue weighted by atomic mass is 16.6. The topological polar surface area (TPSA) is 39.7 Å². The highest BCUT2D eigenvalue weighted by Crippen LogP contribution is 2.33. The van der Waals surface area contributed by atoms with Gasteiger partial charge in [-0.15, -0.1) is 0 Å². The Kier molecular flexibility index (Phi) is 4.23. The highest BCUT2D eigenvalue weighted by molar-refractivity contribution is 5.48. The van der Waals surface area contributed by atoms with Crippen molar-refractivity contribution < 1.29 is 14.2 Å². The molecule has 0 bridgehead atoms. The third-order valence-corrected chi connectivity index (χ3v) is 2.81. The molecular formula is C13H19NO3. The summed E-state index contributed by atoms with van der Waals surface area (Å²) >= 11 is 0. The first-order chi connectivity index (χ1) is 8.35. The fraction of sp³-hybridized carbons (Fsp3) is 0.538. The molecule has 1 N–H and O–H groups in total. The third-order valence-electron chi connectivity index (χ3n) is 2.81. The first kappa shape index (κ1) is 12.2. The van der Waals surface area contributed by atoms with Gasteiger partial charge in [0.05, 0.1) is 6.61 Å². The van der Waals surface area contributed by atoms with Gasteiger partial charge < -0.3 is 19.5 Å². The molecule has 0 radical (unpaired) electrons. The maximum Gasteiger partial charge on any atom is 0.161 e. The number of likely N-dealkylation sites (N-methyl/N-ethyl adjacent to an activating group) is 1. The normalized spacial score (nSPS) is 13.8. The monoisotopic (exact) mass is 237 g/mol. The van der Waals surface area contributed by atoms with Crippen LogP contribution >= 0.6 is 0 Å². The average molecular weight is 237 g/mol. The Bertz CT molecular complexity index is 379. The molecule has 0 aliphatic carbocycles. The SMILES string of the molecule is CNCCc1cc2c(cc1COC)OCCO2. The van der Waals surface area contributed by atoms with Crippen LogP contribution in [-0.2, 0) is 17.8 Å². The average Bonchev–Trinajstić information content (AvgIpc) is 2.36. The van der Waals surface area contributed by atoms with E-state index in [0.717, 1.165) is 24.5 Å². The zero-order chi connectivity index (χ0) is 12.1. The molecule has 0 saturated carbocycles. The number of hydrogen-bond donors (Lipinski definition) is 1. The summed E-state index contributed by atoms with van der Waals surface area (Å²) in [6.07, 6.45) is 0.964. The van der Waals surface area contributed by atoms with Gasteiger partial charge in [-0.25, -0.2) is 0 Å². The van der Waals surface area contributed by atoms with Crippen LogP contribution in [0.1, 0.15) is 11.1 Å². The van der Waals surface area contributed by atoms with Crippen LogP contribution in [0.4, 0.5) is 0 Å². The van der Waals surface area contributed by atoms with E-state index in [9.17, 15) is 0 Å². The summed E-state index contributed by atoms with van der Waals surface area (Å²) in [4.78, 5) is 0. The predicted molar refractivity (Wildman–Crippen MR) is 65.8 cm³/mol. The lowest BCUT2D eigenvalue weighted by molar-refractivity contribution is 0.167. The quantitative estimate of drug-likeness (QED) is 0.839. The molecule has 0 amide bonds. The lowest BCUT2D eigenvalue weighted by Crippen LogP contribution is -2.17. The fourth-order valence-electron chi connectivity index (χ4n) is 1.96. The lowest BCUT2D eigenvalue weighted by Gasteiger charge is -2.21. The second-order valence-electron chi connectivity index (χ2n) is 4.05. The molecule has 1 aromatic rings. The predicted octanol–water partition coefficient (Wildman–Crippen LogP) is 1.37. The number of nitrogens with one attached hydrogen (secondary N) is 1. The number of benzene rings is 1. The van der Waals surface area contributed by atoms with Gasteiger partial charge in [0, 0.05) is 7.11 Å². The summed E-state index contributed by atoms with van der Waals surface area (Å²) in [6, 6.07) is 4.10. The van der Waals surface area contributed by atoms with Gasteiger partial charge in [0.2, 0.25) is 0 Å². The van der Waals surface area contributed by atoms with Crippen LogP contribution in [0.25, 0.3) is 0 Å². The smallest absolute Gasteiger partial charge is 0.161 e. The zero-order valence-corrected chi connectivity index (χ0v) is 10.4. The van der Waals surface area contributed by atoms with E-state index in [4.69, 9.17) is 14.2 Å². The summed E-state index contributed by atoms with van der Waals surface area (Å²) in [5.41, 5.74) is 2.43. The molecule has 1 heterocycles. The molecule has 0 atom stereocenters. The summed E-state index contributed by atoms with van der Waals surface area (Å²) < 4.78 is 16.4. The minimum Gasteiger partial charge on any atom is -0.486 e. The minimum atomic E-state index is 0.607. The molecule has 17 heavy (non-hydrogen) atoms. The molecule has 94 valence electrons. The first-order valence-corrected chi connectivity index (χ1v) is 5.90. The van der Waals surface area contributed by atoms with Crippen LogP contribution in [0, 0.1) is 0 Å². The number of methoxy groups -OCH3 is 1. The van der Waals surface area contributed by atoms with E-state index in [-0.39, 0.29) is 0 Å².